The summed E-state index contributed by atoms with van der Waals surface area (Å²) in [6.45, 7) is 20.4. The fraction of sp³-hybridized carbons (Fsp3) is 0.158. The molecule has 0 heterocycles. The predicted octanol–water partition coefficient (Wildman–Crippen LogP) is 7.88. The van der Waals surface area contributed by atoms with E-state index in [1.807, 2.05) is 6.92 Å². The van der Waals surface area contributed by atoms with E-state index in [0.717, 1.165) is 11.6 Å². The lowest BCUT2D eigenvalue weighted by atomic mass is 9.92. The topological polar surface area (TPSA) is 105 Å². The molecule has 47 heavy (non-hydrogen) atoms. The minimum Gasteiger partial charge on any atom is -0.419 e. The van der Waals surface area contributed by atoms with Gasteiger partial charge in [-0.3, -0.25) is 0 Å². The van der Waals surface area contributed by atoms with Crippen LogP contribution in [0.4, 0.5) is 4.39 Å². The molecule has 3 aromatic rings. The fourth-order valence-electron chi connectivity index (χ4n) is 3.97. The first-order valence-corrected chi connectivity index (χ1v) is 14.4. The van der Waals surface area contributed by atoms with Crippen LogP contribution in [0.15, 0.2) is 104 Å². The van der Waals surface area contributed by atoms with E-state index in [0.29, 0.717) is 23.1 Å². The number of benzene rings is 3. The molecule has 3 rings (SSSR count). The molecule has 0 fully saturated rings. The Kier molecular flexibility index (Phi) is 12.1. The maximum Gasteiger partial charge on any atom is 0.338 e. The van der Waals surface area contributed by atoms with E-state index in [4.69, 9.17) is 18.9 Å². The van der Waals surface area contributed by atoms with Crippen LogP contribution in [0.2, 0.25) is 0 Å². The third-order valence-electron chi connectivity index (χ3n) is 6.61. The summed E-state index contributed by atoms with van der Waals surface area (Å²) >= 11 is 0. The van der Waals surface area contributed by atoms with Crippen molar-refractivity contribution < 1.29 is 42.5 Å². The molecule has 0 amide bonds. The normalized spacial score (nSPS) is 11.3. The first kappa shape index (κ1) is 35.6. The third kappa shape index (κ3) is 10.1. The van der Waals surface area contributed by atoms with E-state index in [9.17, 15) is 19.2 Å². The van der Waals surface area contributed by atoms with Crippen LogP contribution < -0.4 is 18.9 Å². The van der Waals surface area contributed by atoms with Gasteiger partial charge < -0.3 is 18.9 Å². The first-order chi connectivity index (χ1) is 22.2. The third-order valence-corrected chi connectivity index (χ3v) is 6.61. The number of esters is 4. The molecule has 0 aliphatic rings. The first-order valence-electron chi connectivity index (χ1n) is 14.4. The standard InChI is InChI=1S/C38H35FO8/c1-9-35(40)44-34-21-28(15-17-32(34)46-37(42)23(4)5)25(8)18-29-14-12-26(19-30(29)39)10-11-27-13-16-31(45-36(41)22(2)3)33(20-27)47-38(43)24(6)7/h9-17,19-21,25H,1-2,4,6,18H2,3,5,7-8H3/b11-10+. The number of hydrogen-bond donors (Lipinski definition) is 0. The summed E-state index contributed by atoms with van der Waals surface area (Å²) in [5.41, 5.74) is 2.83. The molecule has 9 heteroatoms. The van der Waals surface area contributed by atoms with Crippen molar-refractivity contribution in [1.82, 2.24) is 0 Å². The monoisotopic (exact) mass is 638 g/mol. The molecule has 0 aromatic heterocycles. The van der Waals surface area contributed by atoms with E-state index in [1.54, 1.807) is 42.5 Å². The zero-order valence-corrected chi connectivity index (χ0v) is 26.7. The molecule has 8 nitrogen and oxygen atoms in total. The molecule has 242 valence electrons. The van der Waals surface area contributed by atoms with Gasteiger partial charge in [-0.1, -0.05) is 69.7 Å². The molecule has 0 saturated carbocycles. The van der Waals surface area contributed by atoms with Gasteiger partial charge in [-0.2, -0.15) is 0 Å². The van der Waals surface area contributed by atoms with Crippen LogP contribution in [-0.4, -0.2) is 23.9 Å². The van der Waals surface area contributed by atoms with Gasteiger partial charge in [0.1, 0.15) is 5.82 Å². The SMILES string of the molecule is C=CC(=O)Oc1cc(C(C)Cc2ccc(/C=C/c3ccc(OC(=O)C(=C)C)c(OC(=O)C(=C)C)c3)cc2F)ccc1OC(=O)C(=C)C. The molecular weight excluding hydrogens is 603 g/mol. The molecule has 0 radical (unpaired) electrons. The summed E-state index contributed by atoms with van der Waals surface area (Å²) in [6, 6.07) is 14.2. The number of rotatable bonds is 13. The molecule has 1 atom stereocenters. The van der Waals surface area contributed by atoms with E-state index in [2.05, 4.69) is 26.3 Å². The van der Waals surface area contributed by atoms with Crippen LogP contribution >= 0.6 is 0 Å². The van der Waals surface area contributed by atoms with Gasteiger partial charge in [0.2, 0.25) is 0 Å². The average molecular weight is 639 g/mol. The summed E-state index contributed by atoms with van der Waals surface area (Å²) in [7, 11) is 0. The van der Waals surface area contributed by atoms with Crippen molar-refractivity contribution in [2.24, 2.45) is 0 Å². The Bertz CT molecular complexity index is 1810. The highest BCUT2D eigenvalue weighted by molar-refractivity contribution is 5.91. The Morgan fingerprint density at radius 2 is 1.15 bits per heavy atom. The number of hydrogen-bond acceptors (Lipinski definition) is 8. The summed E-state index contributed by atoms with van der Waals surface area (Å²) in [4.78, 5) is 48.2. The number of halogens is 1. The minimum absolute atomic E-state index is 0.00898. The lowest BCUT2D eigenvalue weighted by Crippen LogP contribution is -2.12. The van der Waals surface area contributed by atoms with Crippen molar-refractivity contribution in [1.29, 1.82) is 0 Å². The number of carbonyl (C=O) groups excluding carboxylic acids is 4. The van der Waals surface area contributed by atoms with Crippen molar-refractivity contribution in [2.45, 2.75) is 40.0 Å². The van der Waals surface area contributed by atoms with Crippen molar-refractivity contribution in [3.63, 3.8) is 0 Å². The predicted molar refractivity (Wildman–Crippen MR) is 178 cm³/mol. The summed E-state index contributed by atoms with van der Waals surface area (Å²) in [6.07, 6.45) is 4.67. The van der Waals surface area contributed by atoms with E-state index in [1.165, 1.54) is 45.0 Å². The van der Waals surface area contributed by atoms with Crippen molar-refractivity contribution >= 4 is 36.0 Å². The van der Waals surface area contributed by atoms with Crippen LogP contribution in [0.5, 0.6) is 23.0 Å². The molecule has 0 saturated heterocycles. The van der Waals surface area contributed by atoms with E-state index in [-0.39, 0.29) is 45.6 Å². The molecule has 0 spiro atoms. The smallest absolute Gasteiger partial charge is 0.338 e. The second kappa shape index (κ2) is 15.9. The Morgan fingerprint density at radius 1 is 0.681 bits per heavy atom. The molecule has 0 bridgehead atoms. The van der Waals surface area contributed by atoms with Crippen LogP contribution in [0.25, 0.3) is 12.2 Å². The highest BCUT2D eigenvalue weighted by Crippen LogP contribution is 2.34. The van der Waals surface area contributed by atoms with Gasteiger partial charge in [-0.15, -0.1) is 0 Å². The number of ether oxygens (including phenoxy) is 4. The van der Waals surface area contributed by atoms with Gasteiger partial charge >= 0.3 is 23.9 Å². The van der Waals surface area contributed by atoms with Crippen LogP contribution in [0.1, 0.15) is 55.9 Å². The van der Waals surface area contributed by atoms with Gasteiger partial charge in [0.05, 0.1) is 0 Å². The molecular formula is C38H35FO8. The lowest BCUT2D eigenvalue weighted by Gasteiger charge is -2.16. The molecule has 1 unspecified atom stereocenters. The highest BCUT2D eigenvalue weighted by Gasteiger charge is 2.18. The van der Waals surface area contributed by atoms with Crippen molar-refractivity contribution in [2.75, 3.05) is 0 Å². The summed E-state index contributed by atoms with van der Waals surface area (Å²) in [5, 5.41) is 0. The van der Waals surface area contributed by atoms with Crippen molar-refractivity contribution in [3.8, 4) is 23.0 Å². The second-order valence-corrected chi connectivity index (χ2v) is 10.8. The van der Waals surface area contributed by atoms with Crippen LogP contribution in [-0.2, 0) is 25.6 Å². The Labute approximate surface area is 273 Å². The second-order valence-electron chi connectivity index (χ2n) is 10.8. The quantitative estimate of drug-likeness (QED) is 0.0806. The maximum atomic E-state index is 15.3. The number of carbonyl (C=O) groups is 4. The van der Waals surface area contributed by atoms with E-state index >= 15 is 4.39 Å². The van der Waals surface area contributed by atoms with Gasteiger partial charge in [0.25, 0.3) is 0 Å². The zero-order chi connectivity index (χ0) is 34.8. The van der Waals surface area contributed by atoms with Gasteiger partial charge in [-0.05, 0) is 85.7 Å². The van der Waals surface area contributed by atoms with Crippen LogP contribution in [0, 0.1) is 5.82 Å². The lowest BCUT2D eigenvalue weighted by molar-refractivity contribution is -0.132. The molecule has 0 aliphatic heterocycles. The minimum atomic E-state index is -0.733. The summed E-state index contributed by atoms with van der Waals surface area (Å²) in [5.74, 6) is -3.32. The molecule has 3 aromatic carbocycles. The van der Waals surface area contributed by atoms with Gasteiger partial charge in [-0.25, -0.2) is 23.6 Å². The van der Waals surface area contributed by atoms with Crippen molar-refractivity contribution in [3.05, 3.63) is 132 Å². The Morgan fingerprint density at radius 3 is 1.66 bits per heavy atom. The molecule has 0 aliphatic carbocycles. The maximum absolute atomic E-state index is 15.3. The Hall–Kier alpha value is -5.83. The average Bonchev–Trinajstić information content (AvgIpc) is 3.02. The van der Waals surface area contributed by atoms with Gasteiger partial charge in [0.15, 0.2) is 23.0 Å². The molecule has 0 N–H and O–H groups in total. The fourth-order valence-corrected chi connectivity index (χ4v) is 3.97. The Balaban J connectivity index is 1.81. The largest absolute Gasteiger partial charge is 0.419 e. The highest BCUT2D eigenvalue weighted by atomic mass is 19.1. The van der Waals surface area contributed by atoms with Crippen LogP contribution in [0.3, 0.4) is 0 Å². The summed E-state index contributed by atoms with van der Waals surface area (Å²) < 4.78 is 36.5. The van der Waals surface area contributed by atoms with E-state index < -0.39 is 29.7 Å². The van der Waals surface area contributed by atoms with Gasteiger partial charge in [0, 0.05) is 22.8 Å². The zero-order valence-electron chi connectivity index (χ0n) is 26.7.